The monoisotopic (exact) mass is 287 g/mol. The number of aryl methyl sites for hydroxylation is 2. The molecule has 0 spiro atoms. The minimum absolute atomic E-state index is 0.0737. The number of aromatic nitrogens is 3. The van der Waals surface area contributed by atoms with Crippen molar-refractivity contribution in [1.29, 1.82) is 0 Å². The molecule has 0 aromatic carbocycles. The minimum Gasteiger partial charge on any atom is -0.326 e. The summed E-state index contributed by atoms with van der Waals surface area (Å²) in [6.45, 7) is 3.62. The van der Waals surface area contributed by atoms with Crippen LogP contribution >= 0.6 is 11.3 Å². The summed E-state index contributed by atoms with van der Waals surface area (Å²) in [4.78, 5) is 4.04. The maximum absolute atomic E-state index is 12.1. The molecule has 0 aliphatic rings. The van der Waals surface area contributed by atoms with Crippen LogP contribution in [-0.4, -0.2) is 23.6 Å². The number of nitrogens with two attached hydrogens (primary N) is 1. The number of anilines is 1. The number of aromatic amines is 1. The maximum Gasteiger partial charge on any atom is 0.283 e. The van der Waals surface area contributed by atoms with Gasteiger partial charge in [0.1, 0.15) is 0 Å². The van der Waals surface area contributed by atoms with Gasteiger partial charge in [-0.2, -0.15) is 13.5 Å². The van der Waals surface area contributed by atoms with Crippen LogP contribution in [0.25, 0.3) is 0 Å². The number of hydrogen-bond acceptors (Lipinski definition) is 6. The highest BCUT2D eigenvalue weighted by Crippen LogP contribution is 2.21. The van der Waals surface area contributed by atoms with Crippen molar-refractivity contribution in [2.45, 2.75) is 25.4 Å². The standard InChI is InChI=1S/C9H13N5O2S2/c1-5-4-17-9(11-5)14-18(15,16)8-7(3-10)6(2)12-13-8/h4H,3,10H2,1-2H3,(H,11,14)(H,12,13). The van der Waals surface area contributed by atoms with Crippen LogP contribution in [0.1, 0.15) is 17.0 Å². The Labute approximate surface area is 108 Å². The zero-order valence-electron chi connectivity index (χ0n) is 9.89. The second-order valence-corrected chi connectivity index (χ2v) is 6.19. The minimum atomic E-state index is -3.75. The second-order valence-electron chi connectivity index (χ2n) is 3.74. The molecule has 0 aliphatic heterocycles. The van der Waals surface area contributed by atoms with Gasteiger partial charge in [0.15, 0.2) is 5.13 Å². The van der Waals surface area contributed by atoms with E-state index in [0.717, 1.165) is 5.69 Å². The first-order valence-electron chi connectivity index (χ1n) is 5.13. The van der Waals surface area contributed by atoms with E-state index in [9.17, 15) is 8.42 Å². The largest absolute Gasteiger partial charge is 0.326 e. The molecule has 0 unspecified atom stereocenters. The van der Waals surface area contributed by atoms with E-state index in [0.29, 0.717) is 16.4 Å². The molecule has 2 rings (SSSR count). The zero-order valence-corrected chi connectivity index (χ0v) is 11.5. The summed E-state index contributed by atoms with van der Waals surface area (Å²) < 4.78 is 26.6. The molecule has 0 fully saturated rings. The van der Waals surface area contributed by atoms with Crippen molar-refractivity contribution in [3.05, 3.63) is 22.3 Å². The van der Waals surface area contributed by atoms with Gasteiger partial charge in [-0.05, 0) is 13.8 Å². The first-order chi connectivity index (χ1) is 8.44. The molecule has 0 atom stereocenters. The Morgan fingerprint density at radius 2 is 2.22 bits per heavy atom. The summed E-state index contributed by atoms with van der Waals surface area (Å²) in [5.74, 6) is 0. The molecular formula is C9H13N5O2S2. The Morgan fingerprint density at radius 1 is 1.50 bits per heavy atom. The van der Waals surface area contributed by atoms with Crippen LogP contribution in [0.3, 0.4) is 0 Å². The van der Waals surface area contributed by atoms with Gasteiger partial charge in [0, 0.05) is 23.2 Å². The number of thiazole rings is 1. The topological polar surface area (TPSA) is 114 Å². The van der Waals surface area contributed by atoms with E-state index in [2.05, 4.69) is 19.9 Å². The molecule has 0 radical (unpaired) electrons. The zero-order chi connectivity index (χ0) is 13.3. The van der Waals surface area contributed by atoms with Crippen molar-refractivity contribution in [2.75, 3.05) is 4.72 Å². The third-order valence-corrected chi connectivity index (χ3v) is 4.65. The van der Waals surface area contributed by atoms with E-state index in [1.54, 1.807) is 19.2 Å². The molecule has 2 aromatic rings. The van der Waals surface area contributed by atoms with Crippen molar-refractivity contribution in [2.24, 2.45) is 5.73 Å². The summed E-state index contributed by atoms with van der Waals surface area (Å²) in [6, 6.07) is 0. The fourth-order valence-electron chi connectivity index (χ4n) is 1.46. The molecule has 0 saturated heterocycles. The van der Waals surface area contributed by atoms with Crippen LogP contribution in [-0.2, 0) is 16.6 Å². The normalized spacial score (nSPS) is 11.7. The van der Waals surface area contributed by atoms with E-state index in [1.807, 2.05) is 0 Å². The first-order valence-corrected chi connectivity index (χ1v) is 7.49. The van der Waals surface area contributed by atoms with Gasteiger partial charge in [-0.25, -0.2) is 4.98 Å². The van der Waals surface area contributed by atoms with Crippen molar-refractivity contribution < 1.29 is 8.42 Å². The smallest absolute Gasteiger partial charge is 0.283 e. The van der Waals surface area contributed by atoms with E-state index in [1.165, 1.54) is 11.3 Å². The van der Waals surface area contributed by atoms with Gasteiger partial charge >= 0.3 is 0 Å². The van der Waals surface area contributed by atoms with Crippen molar-refractivity contribution in [1.82, 2.24) is 15.2 Å². The van der Waals surface area contributed by atoms with Crippen LogP contribution in [0.5, 0.6) is 0 Å². The number of nitrogens with one attached hydrogen (secondary N) is 2. The fraction of sp³-hybridized carbons (Fsp3) is 0.333. The van der Waals surface area contributed by atoms with Gasteiger partial charge in [-0.3, -0.25) is 9.82 Å². The number of H-pyrrole nitrogens is 1. The first kappa shape index (κ1) is 13.0. The van der Waals surface area contributed by atoms with Gasteiger partial charge in [0.05, 0.1) is 5.69 Å². The molecule has 2 aromatic heterocycles. The molecule has 9 heteroatoms. The van der Waals surface area contributed by atoms with Crippen LogP contribution in [0.4, 0.5) is 5.13 Å². The molecular weight excluding hydrogens is 274 g/mol. The Bertz CT molecular complexity index is 658. The molecule has 0 saturated carbocycles. The summed E-state index contributed by atoms with van der Waals surface area (Å²) in [6.07, 6.45) is 0. The summed E-state index contributed by atoms with van der Waals surface area (Å²) in [5, 5.41) is 8.41. The average Bonchev–Trinajstić information content (AvgIpc) is 2.84. The van der Waals surface area contributed by atoms with Gasteiger partial charge in [0.25, 0.3) is 10.0 Å². The quantitative estimate of drug-likeness (QED) is 0.767. The van der Waals surface area contributed by atoms with Gasteiger partial charge in [-0.1, -0.05) is 0 Å². The van der Waals surface area contributed by atoms with Gasteiger partial charge in [0.2, 0.25) is 5.03 Å². The molecule has 4 N–H and O–H groups in total. The third kappa shape index (κ3) is 2.37. The number of sulfonamides is 1. The number of nitrogens with zero attached hydrogens (tertiary/aromatic N) is 2. The molecule has 98 valence electrons. The molecule has 18 heavy (non-hydrogen) atoms. The Hall–Kier alpha value is -1.45. The van der Waals surface area contributed by atoms with E-state index >= 15 is 0 Å². The molecule has 0 bridgehead atoms. The van der Waals surface area contributed by atoms with Gasteiger partial charge < -0.3 is 5.73 Å². The van der Waals surface area contributed by atoms with E-state index < -0.39 is 10.0 Å². The van der Waals surface area contributed by atoms with Crippen molar-refractivity contribution >= 4 is 26.5 Å². The van der Waals surface area contributed by atoms with Crippen molar-refractivity contribution in [3.63, 3.8) is 0 Å². The lowest BCUT2D eigenvalue weighted by atomic mass is 10.3. The molecule has 0 amide bonds. The SMILES string of the molecule is Cc1csc(NS(=O)(=O)c2n[nH]c(C)c2CN)n1. The van der Waals surface area contributed by atoms with Crippen molar-refractivity contribution in [3.8, 4) is 0 Å². The van der Waals surface area contributed by atoms with E-state index in [-0.39, 0.29) is 11.6 Å². The lowest BCUT2D eigenvalue weighted by Crippen LogP contribution is -2.16. The molecule has 0 aliphatic carbocycles. The number of rotatable bonds is 4. The van der Waals surface area contributed by atoms with Crippen LogP contribution in [0.15, 0.2) is 10.4 Å². The Balaban J connectivity index is 2.36. The second kappa shape index (κ2) is 4.67. The summed E-state index contributed by atoms with van der Waals surface area (Å²) in [5.41, 5.74) is 7.41. The highest BCUT2D eigenvalue weighted by atomic mass is 32.2. The van der Waals surface area contributed by atoms with E-state index in [4.69, 9.17) is 5.73 Å². The fourth-order valence-corrected chi connectivity index (χ4v) is 3.61. The Kier molecular flexibility index (Phi) is 3.37. The van der Waals surface area contributed by atoms with Crippen LogP contribution in [0, 0.1) is 13.8 Å². The summed E-state index contributed by atoms with van der Waals surface area (Å²) >= 11 is 1.22. The average molecular weight is 287 g/mol. The highest BCUT2D eigenvalue weighted by Gasteiger charge is 2.24. The number of hydrogen-bond donors (Lipinski definition) is 3. The van der Waals surface area contributed by atoms with Crippen LogP contribution in [0.2, 0.25) is 0 Å². The lowest BCUT2D eigenvalue weighted by molar-refractivity contribution is 0.595. The molecule has 2 heterocycles. The lowest BCUT2D eigenvalue weighted by Gasteiger charge is -2.04. The maximum atomic E-state index is 12.1. The van der Waals surface area contributed by atoms with Gasteiger partial charge in [-0.15, -0.1) is 11.3 Å². The predicted molar refractivity (Wildman–Crippen MR) is 68.9 cm³/mol. The molecule has 7 nitrogen and oxygen atoms in total. The third-order valence-electron chi connectivity index (χ3n) is 2.34. The summed E-state index contributed by atoms with van der Waals surface area (Å²) in [7, 11) is -3.75. The highest BCUT2D eigenvalue weighted by molar-refractivity contribution is 7.92. The predicted octanol–water partition coefficient (Wildman–Crippen LogP) is 0.743. The Morgan fingerprint density at radius 3 is 2.78 bits per heavy atom. The van der Waals surface area contributed by atoms with Crippen LogP contribution < -0.4 is 10.5 Å².